The minimum Gasteiger partial charge on any atom is -0.396 e. The van der Waals surface area contributed by atoms with Crippen LogP contribution >= 0.6 is 15.9 Å². The number of rotatable bonds is 8. The molecule has 3 aromatic rings. The molecule has 1 fully saturated rings. The highest BCUT2D eigenvalue weighted by Crippen LogP contribution is 2.60. The first-order chi connectivity index (χ1) is 18.6. The zero-order valence-electron chi connectivity index (χ0n) is 22.2. The lowest BCUT2D eigenvalue weighted by Gasteiger charge is -2.31. The topological polar surface area (TPSA) is 70.1 Å². The number of hydrogen-bond acceptors (Lipinski definition) is 4. The third-order valence-electron chi connectivity index (χ3n) is 8.03. The largest absolute Gasteiger partial charge is 0.396 e. The fourth-order valence-electron chi connectivity index (χ4n) is 6.38. The van der Waals surface area contributed by atoms with Gasteiger partial charge in [-0.15, -0.1) is 0 Å². The van der Waals surface area contributed by atoms with Crippen LogP contribution in [0.1, 0.15) is 24.5 Å². The quantitative estimate of drug-likeness (QED) is 0.181. The number of benzene rings is 3. The number of aliphatic hydroxyl groups is 1. The SMILES string of the molecule is C[C@H]1[C@H]([Si](C)(C)F)[C@@H](CCO)O[C@]12C(=O)N(Cc1ccc(N(C=O)c3ccccc3)cc1)c1ccc(Br)cc12. The van der Waals surface area contributed by atoms with Crippen LogP contribution in [0.15, 0.2) is 77.3 Å². The van der Waals surface area contributed by atoms with Crippen LogP contribution in [0, 0.1) is 5.92 Å². The van der Waals surface area contributed by atoms with Crippen molar-refractivity contribution in [3.63, 3.8) is 0 Å². The lowest BCUT2D eigenvalue weighted by Crippen LogP contribution is -2.45. The molecule has 3 aromatic carbocycles. The molecule has 39 heavy (non-hydrogen) atoms. The maximum Gasteiger partial charge on any atom is 0.264 e. The molecule has 1 spiro atoms. The van der Waals surface area contributed by atoms with Crippen molar-refractivity contribution < 1.29 is 23.5 Å². The second-order valence-electron chi connectivity index (χ2n) is 10.8. The van der Waals surface area contributed by atoms with Gasteiger partial charge in [-0.05, 0) is 67.5 Å². The number of carbonyl (C=O) groups excluding carboxylic acids is 2. The standard InChI is InChI=1S/C30H32BrFN2O4Si/c1-20-28(39(2,3)32)27(15-16-35)38-30(20)25-17-22(31)11-14-26(25)33(29(30)37)18-21-9-12-24(13-10-21)34(19-36)23-7-5-4-6-8-23/h4-14,17,19-20,27-28,35H,15-16,18H2,1-3H3/t20-,27+,28-,30+/m0/s1. The average molecular weight is 612 g/mol. The van der Waals surface area contributed by atoms with Gasteiger partial charge in [0, 0.05) is 39.5 Å². The molecule has 2 amide bonds. The average Bonchev–Trinajstić information content (AvgIpc) is 3.33. The van der Waals surface area contributed by atoms with Crippen LogP contribution in [0.2, 0.25) is 18.6 Å². The van der Waals surface area contributed by atoms with Gasteiger partial charge in [-0.3, -0.25) is 14.5 Å². The van der Waals surface area contributed by atoms with Crippen molar-refractivity contribution in [2.45, 2.75) is 50.2 Å². The Morgan fingerprint density at radius 3 is 2.38 bits per heavy atom. The van der Waals surface area contributed by atoms with Gasteiger partial charge in [0.05, 0.1) is 18.3 Å². The van der Waals surface area contributed by atoms with Gasteiger partial charge in [0.25, 0.3) is 5.91 Å². The number of nitrogens with zero attached hydrogens (tertiary/aromatic N) is 2. The Labute approximate surface area is 237 Å². The van der Waals surface area contributed by atoms with Crippen LogP contribution in [0.25, 0.3) is 0 Å². The molecule has 2 aliphatic heterocycles. The van der Waals surface area contributed by atoms with Gasteiger partial charge >= 0.3 is 0 Å². The highest BCUT2D eigenvalue weighted by atomic mass is 79.9. The first-order valence-corrected chi connectivity index (χ1v) is 16.8. The molecular formula is C30H32BrFN2O4Si. The lowest BCUT2D eigenvalue weighted by molar-refractivity contribution is -0.146. The molecule has 2 aliphatic rings. The van der Waals surface area contributed by atoms with Gasteiger partial charge in [0.15, 0.2) is 5.60 Å². The number of fused-ring (bicyclic) bond motifs is 2. The molecule has 0 unspecified atom stereocenters. The minimum atomic E-state index is -3.24. The molecular weight excluding hydrogens is 579 g/mol. The maximum atomic E-state index is 15.6. The predicted molar refractivity (Wildman–Crippen MR) is 156 cm³/mol. The summed E-state index contributed by atoms with van der Waals surface area (Å²) in [7, 11) is -3.24. The molecule has 0 radical (unpaired) electrons. The number of para-hydroxylation sites is 1. The number of halogens is 2. The van der Waals surface area contributed by atoms with Crippen LogP contribution in [0.4, 0.5) is 21.2 Å². The molecule has 0 saturated carbocycles. The van der Waals surface area contributed by atoms with E-state index in [1.807, 2.05) is 79.7 Å². The monoisotopic (exact) mass is 610 g/mol. The highest BCUT2D eigenvalue weighted by Gasteiger charge is 2.66. The van der Waals surface area contributed by atoms with Crippen LogP contribution in [-0.2, 0) is 26.5 Å². The van der Waals surface area contributed by atoms with Gasteiger partial charge in [0.2, 0.25) is 14.8 Å². The first kappa shape index (κ1) is 27.7. The van der Waals surface area contributed by atoms with Gasteiger partial charge in [-0.2, -0.15) is 0 Å². The predicted octanol–water partition coefficient (Wildman–Crippen LogP) is 6.45. The Morgan fingerprint density at radius 1 is 1.10 bits per heavy atom. The summed E-state index contributed by atoms with van der Waals surface area (Å²) in [5, 5.41) is 9.72. The van der Waals surface area contributed by atoms with Crippen molar-refractivity contribution in [3.05, 3.63) is 88.4 Å². The van der Waals surface area contributed by atoms with Crippen LogP contribution in [0.3, 0.4) is 0 Å². The van der Waals surface area contributed by atoms with E-state index >= 15 is 4.11 Å². The Bertz CT molecular complexity index is 1370. The van der Waals surface area contributed by atoms with Crippen molar-refractivity contribution in [1.82, 2.24) is 0 Å². The molecule has 1 saturated heterocycles. The third-order valence-corrected chi connectivity index (χ3v) is 11.0. The zero-order chi connectivity index (χ0) is 27.9. The summed E-state index contributed by atoms with van der Waals surface area (Å²) in [5.74, 6) is -0.615. The molecule has 6 nitrogen and oxygen atoms in total. The Kier molecular flexibility index (Phi) is 7.54. The fourth-order valence-corrected chi connectivity index (χ4v) is 9.28. The molecule has 0 bridgehead atoms. The summed E-state index contributed by atoms with van der Waals surface area (Å²) in [6, 6.07) is 22.6. The Hall–Kier alpha value is -2.85. The van der Waals surface area contributed by atoms with E-state index in [-0.39, 0.29) is 18.9 Å². The molecule has 4 atom stereocenters. The smallest absolute Gasteiger partial charge is 0.264 e. The summed E-state index contributed by atoms with van der Waals surface area (Å²) in [6.07, 6.45) is 0.517. The Balaban J connectivity index is 1.49. The fraction of sp³-hybridized carbons (Fsp3) is 0.333. The van der Waals surface area contributed by atoms with E-state index in [2.05, 4.69) is 15.9 Å². The van der Waals surface area contributed by atoms with Crippen LogP contribution in [0.5, 0.6) is 0 Å². The minimum absolute atomic E-state index is 0.134. The Morgan fingerprint density at radius 2 is 1.77 bits per heavy atom. The summed E-state index contributed by atoms with van der Waals surface area (Å²) in [6.45, 7) is 5.38. The lowest BCUT2D eigenvalue weighted by atomic mass is 9.82. The molecule has 2 heterocycles. The van der Waals surface area contributed by atoms with E-state index in [1.54, 1.807) is 22.9 Å². The van der Waals surface area contributed by atoms with Crippen LogP contribution < -0.4 is 9.80 Å². The molecule has 0 aliphatic carbocycles. The number of aliphatic hydroxyl groups excluding tert-OH is 1. The van der Waals surface area contributed by atoms with Gasteiger partial charge in [-0.1, -0.05) is 53.2 Å². The summed E-state index contributed by atoms with van der Waals surface area (Å²) < 4.78 is 23.0. The number of amides is 2. The van der Waals surface area contributed by atoms with E-state index < -0.39 is 31.6 Å². The van der Waals surface area contributed by atoms with Crippen LogP contribution in [-0.4, -0.2) is 38.5 Å². The maximum absolute atomic E-state index is 15.6. The summed E-state index contributed by atoms with van der Waals surface area (Å²) in [5.41, 5.74) is 2.06. The summed E-state index contributed by atoms with van der Waals surface area (Å²) in [4.78, 5) is 29.4. The van der Waals surface area contributed by atoms with Gasteiger partial charge in [-0.25, -0.2) is 0 Å². The molecule has 9 heteroatoms. The van der Waals surface area contributed by atoms with Crippen molar-refractivity contribution in [3.8, 4) is 0 Å². The summed E-state index contributed by atoms with van der Waals surface area (Å²) >= 11 is 3.55. The van der Waals surface area contributed by atoms with Gasteiger partial charge in [0.1, 0.15) is 0 Å². The highest BCUT2D eigenvalue weighted by molar-refractivity contribution is 9.10. The second-order valence-corrected chi connectivity index (χ2v) is 15.5. The normalized spacial score (nSPS) is 24.3. The first-order valence-electron chi connectivity index (χ1n) is 13.1. The van der Waals surface area contributed by atoms with Crippen molar-refractivity contribution in [2.75, 3.05) is 16.4 Å². The van der Waals surface area contributed by atoms with E-state index in [0.717, 1.165) is 33.4 Å². The third kappa shape index (κ3) is 4.75. The second kappa shape index (κ2) is 10.6. The van der Waals surface area contributed by atoms with E-state index in [9.17, 15) is 14.7 Å². The zero-order valence-corrected chi connectivity index (χ0v) is 24.8. The van der Waals surface area contributed by atoms with Crippen molar-refractivity contribution in [2.24, 2.45) is 5.92 Å². The molecule has 5 rings (SSSR count). The van der Waals surface area contributed by atoms with E-state index in [1.165, 1.54) is 0 Å². The molecule has 204 valence electrons. The number of carbonyl (C=O) groups is 2. The molecule has 1 N–H and O–H groups in total. The molecule has 0 aromatic heterocycles. The number of anilines is 3. The van der Waals surface area contributed by atoms with Crippen molar-refractivity contribution in [1.29, 1.82) is 0 Å². The van der Waals surface area contributed by atoms with Gasteiger partial charge < -0.3 is 18.9 Å². The van der Waals surface area contributed by atoms with E-state index in [4.69, 9.17) is 4.74 Å². The van der Waals surface area contributed by atoms with E-state index in [0.29, 0.717) is 12.2 Å². The number of hydrogen-bond donors (Lipinski definition) is 1. The number of ether oxygens (including phenoxy) is 1. The van der Waals surface area contributed by atoms with Crippen molar-refractivity contribution >= 4 is 53.7 Å².